The smallest absolute Gasteiger partial charge is 0.159 e. The van der Waals surface area contributed by atoms with E-state index in [0.29, 0.717) is 5.92 Å². The Kier molecular flexibility index (Phi) is 4.38. The fraction of sp³-hybridized carbons (Fsp3) is 0.667. The standard InChI is InChI=1S/C21H30N4O/c1-21(2,3)19-10-16-20(25(19)4)24-17(11-22-16)15-7-5-6-14(13-8-9-13)18(12-26)23-15/h10-11,13-14,18,26H,5-9,12H2,1-4H3/t14-,18-/m0/s1. The van der Waals surface area contributed by atoms with Crippen LogP contribution in [0.1, 0.15) is 64.3 Å². The zero-order valence-electron chi connectivity index (χ0n) is 16.4. The molecular formula is C21H30N4O. The number of nitrogens with zero attached hydrogens (tertiary/aromatic N) is 4. The average molecular weight is 354 g/mol. The van der Waals surface area contributed by atoms with E-state index < -0.39 is 0 Å². The summed E-state index contributed by atoms with van der Waals surface area (Å²) >= 11 is 0. The van der Waals surface area contributed by atoms with E-state index in [2.05, 4.69) is 43.4 Å². The second-order valence-corrected chi connectivity index (χ2v) is 9.02. The van der Waals surface area contributed by atoms with Crippen molar-refractivity contribution in [2.24, 2.45) is 23.9 Å². The Morgan fingerprint density at radius 2 is 2.00 bits per heavy atom. The Balaban J connectivity index is 1.72. The Morgan fingerprint density at radius 3 is 2.65 bits per heavy atom. The van der Waals surface area contributed by atoms with Crippen molar-refractivity contribution in [1.29, 1.82) is 0 Å². The molecule has 0 unspecified atom stereocenters. The van der Waals surface area contributed by atoms with Crippen LogP contribution in [0.5, 0.6) is 0 Å². The van der Waals surface area contributed by atoms with Crippen LogP contribution >= 0.6 is 0 Å². The maximum absolute atomic E-state index is 9.89. The van der Waals surface area contributed by atoms with Crippen molar-refractivity contribution >= 4 is 16.9 Å². The van der Waals surface area contributed by atoms with Crippen LogP contribution < -0.4 is 0 Å². The van der Waals surface area contributed by atoms with E-state index in [1.54, 1.807) is 0 Å². The van der Waals surface area contributed by atoms with E-state index in [4.69, 9.17) is 9.98 Å². The van der Waals surface area contributed by atoms with Crippen LogP contribution in [0.4, 0.5) is 0 Å². The first-order valence-corrected chi connectivity index (χ1v) is 9.89. The zero-order chi connectivity index (χ0) is 18.5. The van der Waals surface area contributed by atoms with Crippen LogP contribution in [0, 0.1) is 11.8 Å². The molecule has 0 amide bonds. The van der Waals surface area contributed by atoms with Crippen molar-refractivity contribution in [3.05, 3.63) is 23.7 Å². The second kappa shape index (κ2) is 6.45. The van der Waals surface area contributed by atoms with Gasteiger partial charge in [0.15, 0.2) is 5.65 Å². The average Bonchev–Trinajstić information content (AvgIpc) is 3.39. The van der Waals surface area contributed by atoms with Gasteiger partial charge in [-0.1, -0.05) is 20.8 Å². The van der Waals surface area contributed by atoms with Crippen LogP contribution in [0.3, 0.4) is 0 Å². The fourth-order valence-electron chi connectivity index (χ4n) is 4.44. The summed E-state index contributed by atoms with van der Waals surface area (Å²) < 4.78 is 2.15. The summed E-state index contributed by atoms with van der Waals surface area (Å²) in [6.45, 7) is 6.77. The Bertz CT molecular complexity index is 842. The van der Waals surface area contributed by atoms with Gasteiger partial charge >= 0.3 is 0 Å². The van der Waals surface area contributed by atoms with Crippen molar-refractivity contribution in [3.63, 3.8) is 0 Å². The normalized spacial score (nSPS) is 24.6. The lowest BCUT2D eigenvalue weighted by Crippen LogP contribution is -2.24. The van der Waals surface area contributed by atoms with E-state index in [-0.39, 0.29) is 18.1 Å². The molecule has 2 aliphatic rings. The van der Waals surface area contributed by atoms with Gasteiger partial charge in [-0.05, 0) is 50.0 Å². The van der Waals surface area contributed by atoms with Crippen molar-refractivity contribution in [1.82, 2.24) is 14.5 Å². The van der Waals surface area contributed by atoms with Crippen LogP contribution in [-0.2, 0) is 12.5 Å². The van der Waals surface area contributed by atoms with E-state index >= 15 is 0 Å². The molecule has 1 aliphatic heterocycles. The van der Waals surface area contributed by atoms with Crippen LogP contribution in [0.25, 0.3) is 11.2 Å². The quantitative estimate of drug-likeness (QED) is 0.915. The molecule has 0 aromatic carbocycles. The number of aromatic nitrogens is 3. The summed E-state index contributed by atoms with van der Waals surface area (Å²) in [5, 5.41) is 9.89. The fourth-order valence-corrected chi connectivity index (χ4v) is 4.44. The minimum Gasteiger partial charge on any atom is -0.394 e. The molecular weight excluding hydrogens is 324 g/mol. The summed E-state index contributed by atoms with van der Waals surface area (Å²) in [4.78, 5) is 14.5. The molecule has 3 heterocycles. The summed E-state index contributed by atoms with van der Waals surface area (Å²) in [6, 6.07) is 2.16. The van der Waals surface area contributed by atoms with Gasteiger partial charge in [-0.3, -0.25) is 9.98 Å². The van der Waals surface area contributed by atoms with Crippen molar-refractivity contribution in [3.8, 4) is 0 Å². The van der Waals surface area contributed by atoms with Gasteiger partial charge in [-0.15, -0.1) is 0 Å². The second-order valence-electron chi connectivity index (χ2n) is 9.02. The van der Waals surface area contributed by atoms with Gasteiger partial charge in [-0.2, -0.15) is 0 Å². The molecule has 1 N–H and O–H groups in total. The molecule has 2 aromatic rings. The Labute approximate surface area is 155 Å². The lowest BCUT2D eigenvalue weighted by Gasteiger charge is -2.20. The molecule has 2 aromatic heterocycles. The first-order valence-electron chi connectivity index (χ1n) is 9.89. The molecule has 5 nitrogen and oxygen atoms in total. The molecule has 0 bridgehead atoms. The largest absolute Gasteiger partial charge is 0.394 e. The van der Waals surface area contributed by atoms with E-state index in [9.17, 15) is 5.11 Å². The van der Waals surface area contributed by atoms with Gasteiger partial charge in [0.05, 0.1) is 24.6 Å². The number of hydrogen-bond acceptors (Lipinski definition) is 4. The lowest BCUT2D eigenvalue weighted by atomic mass is 9.91. The monoisotopic (exact) mass is 354 g/mol. The number of hydrogen-bond donors (Lipinski definition) is 1. The molecule has 1 saturated carbocycles. The SMILES string of the molecule is Cn1c(C(C)(C)C)cc2ncc(C3=N[C@@H](CO)[C@H](C4CC4)CCC3)nc21. The highest BCUT2D eigenvalue weighted by molar-refractivity contribution is 6.00. The maximum Gasteiger partial charge on any atom is 0.159 e. The third-order valence-corrected chi connectivity index (χ3v) is 5.98. The van der Waals surface area contributed by atoms with Gasteiger partial charge < -0.3 is 9.67 Å². The first kappa shape index (κ1) is 17.7. The minimum atomic E-state index is 0.0241. The minimum absolute atomic E-state index is 0.0241. The first-order chi connectivity index (χ1) is 12.4. The van der Waals surface area contributed by atoms with Crippen LogP contribution in [0.15, 0.2) is 17.3 Å². The summed E-state index contributed by atoms with van der Waals surface area (Å²) in [6.07, 6.45) is 7.68. The van der Waals surface area contributed by atoms with Gasteiger partial charge in [-0.25, -0.2) is 4.98 Å². The van der Waals surface area contributed by atoms with Gasteiger partial charge in [0.1, 0.15) is 11.2 Å². The predicted molar refractivity (Wildman–Crippen MR) is 105 cm³/mol. The van der Waals surface area contributed by atoms with Crippen LogP contribution in [-0.4, -0.2) is 38.0 Å². The van der Waals surface area contributed by atoms with E-state index in [0.717, 1.165) is 47.7 Å². The van der Waals surface area contributed by atoms with E-state index in [1.807, 2.05) is 6.20 Å². The number of aryl methyl sites for hydroxylation is 1. The highest BCUT2D eigenvalue weighted by atomic mass is 16.3. The van der Waals surface area contributed by atoms with Crippen molar-refractivity contribution < 1.29 is 5.11 Å². The number of fused-ring (bicyclic) bond motifs is 1. The molecule has 0 saturated heterocycles. The predicted octanol–water partition coefficient (Wildman–Crippen LogP) is 3.63. The van der Waals surface area contributed by atoms with Crippen molar-refractivity contribution in [2.75, 3.05) is 6.61 Å². The van der Waals surface area contributed by atoms with Gasteiger partial charge in [0.25, 0.3) is 0 Å². The number of aliphatic imine (C=N–C) groups is 1. The van der Waals surface area contributed by atoms with Gasteiger partial charge in [0.2, 0.25) is 0 Å². The molecule has 2 atom stereocenters. The highest BCUT2D eigenvalue weighted by Crippen LogP contribution is 2.43. The molecule has 4 rings (SSSR count). The molecule has 26 heavy (non-hydrogen) atoms. The van der Waals surface area contributed by atoms with Crippen molar-refractivity contribution in [2.45, 2.75) is 64.3 Å². The number of rotatable bonds is 3. The maximum atomic E-state index is 9.89. The molecule has 1 aliphatic carbocycles. The number of aliphatic hydroxyl groups is 1. The molecule has 0 radical (unpaired) electrons. The molecule has 140 valence electrons. The molecule has 5 heteroatoms. The van der Waals surface area contributed by atoms with E-state index in [1.165, 1.54) is 18.5 Å². The Morgan fingerprint density at radius 1 is 1.23 bits per heavy atom. The van der Waals surface area contributed by atoms with Gasteiger partial charge in [0, 0.05) is 18.2 Å². The zero-order valence-corrected chi connectivity index (χ0v) is 16.4. The number of aliphatic hydroxyl groups excluding tert-OH is 1. The summed E-state index contributed by atoms with van der Waals surface area (Å²) in [5.41, 5.74) is 5.02. The third kappa shape index (κ3) is 3.18. The Hall–Kier alpha value is -1.75. The third-order valence-electron chi connectivity index (χ3n) is 5.98. The molecule has 0 spiro atoms. The summed E-state index contributed by atoms with van der Waals surface area (Å²) in [5.74, 6) is 1.31. The highest BCUT2D eigenvalue weighted by Gasteiger charge is 2.37. The molecule has 1 fully saturated rings. The lowest BCUT2D eigenvalue weighted by molar-refractivity contribution is 0.211. The topological polar surface area (TPSA) is 63.3 Å². The van der Waals surface area contributed by atoms with Crippen LogP contribution in [0.2, 0.25) is 0 Å². The summed E-state index contributed by atoms with van der Waals surface area (Å²) in [7, 11) is 2.07.